The van der Waals surface area contributed by atoms with Crippen molar-refractivity contribution < 1.29 is 14.6 Å². The maximum absolute atomic E-state index is 12.2. The molecule has 2 aromatic rings. The molecule has 1 saturated carbocycles. The van der Waals surface area contributed by atoms with Gasteiger partial charge in [0.1, 0.15) is 6.61 Å². The molecule has 0 radical (unpaired) electrons. The largest absolute Gasteiger partial charge is 0.449 e. The molecule has 4 heteroatoms. The highest BCUT2D eigenvalue weighted by atomic mass is 16.5. The number of carbonyl (C=O) groups is 1. The maximum atomic E-state index is 12.2. The number of alkyl carbamates (subject to hydrolysis) is 1. The fourth-order valence-electron chi connectivity index (χ4n) is 4.36. The number of nitrogens with one attached hydrogen (secondary N) is 1. The Morgan fingerprint density at radius 2 is 1.63 bits per heavy atom. The molecule has 0 saturated heterocycles. The smallest absolute Gasteiger partial charge is 0.407 e. The van der Waals surface area contributed by atoms with Gasteiger partial charge in [-0.1, -0.05) is 55.5 Å². The molecule has 142 valence electrons. The van der Waals surface area contributed by atoms with E-state index in [0.29, 0.717) is 12.5 Å². The molecule has 1 amide bonds. The Bertz CT molecular complexity index is 778. The third-order valence-electron chi connectivity index (χ3n) is 6.11. The summed E-state index contributed by atoms with van der Waals surface area (Å²) in [6, 6.07) is 16.6. The average Bonchev–Trinajstić information content (AvgIpc) is 3.01. The van der Waals surface area contributed by atoms with E-state index >= 15 is 0 Å². The molecule has 27 heavy (non-hydrogen) atoms. The van der Waals surface area contributed by atoms with Gasteiger partial charge in [0.15, 0.2) is 0 Å². The number of fused-ring (bicyclic) bond motifs is 3. The summed E-state index contributed by atoms with van der Waals surface area (Å²) in [4.78, 5) is 12.2. The zero-order chi connectivity index (χ0) is 18.9. The Labute approximate surface area is 160 Å². The van der Waals surface area contributed by atoms with Crippen molar-refractivity contribution in [1.29, 1.82) is 0 Å². The normalized spacial score (nSPS) is 24.1. The molecule has 0 aromatic heterocycles. The average molecular weight is 365 g/mol. The van der Waals surface area contributed by atoms with Gasteiger partial charge in [0.05, 0.1) is 5.60 Å². The van der Waals surface area contributed by atoms with Crippen molar-refractivity contribution >= 4 is 6.09 Å². The van der Waals surface area contributed by atoms with Crippen LogP contribution in [0.15, 0.2) is 48.5 Å². The van der Waals surface area contributed by atoms with Crippen LogP contribution < -0.4 is 5.32 Å². The Kier molecular flexibility index (Phi) is 4.92. The highest BCUT2D eigenvalue weighted by Crippen LogP contribution is 2.44. The van der Waals surface area contributed by atoms with E-state index in [1.165, 1.54) is 22.3 Å². The molecule has 0 atom stereocenters. The molecule has 2 aliphatic rings. The summed E-state index contributed by atoms with van der Waals surface area (Å²) in [5.41, 5.74) is 4.04. The molecule has 4 rings (SSSR count). The second-order valence-electron chi connectivity index (χ2n) is 8.09. The molecule has 4 nitrogen and oxygen atoms in total. The molecule has 2 aromatic carbocycles. The third kappa shape index (κ3) is 3.72. The quantitative estimate of drug-likeness (QED) is 0.841. The SMILES string of the molecule is CC1CCC(O)(CNC(=O)OCC2c3ccccc3-c3ccccc32)CC1. The standard InChI is InChI=1S/C23H27NO3/c1-16-10-12-23(26,13-11-16)15-24-22(25)27-14-21-19-8-4-2-6-17(19)18-7-3-5-9-20(18)21/h2-9,16,21,26H,10-15H2,1H3,(H,24,25). The van der Waals surface area contributed by atoms with Crippen LogP contribution in [0.1, 0.15) is 49.7 Å². The molecule has 0 bridgehead atoms. The van der Waals surface area contributed by atoms with Crippen LogP contribution in [0, 0.1) is 5.92 Å². The summed E-state index contributed by atoms with van der Waals surface area (Å²) >= 11 is 0. The predicted molar refractivity (Wildman–Crippen MR) is 106 cm³/mol. The molecule has 0 heterocycles. The van der Waals surface area contributed by atoms with Crippen molar-refractivity contribution in [3.8, 4) is 11.1 Å². The van der Waals surface area contributed by atoms with Gasteiger partial charge in [0.2, 0.25) is 0 Å². The van der Waals surface area contributed by atoms with Crippen molar-refractivity contribution in [1.82, 2.24) is 5.32 Å². The number of rotatable bonds is 4. The lowest BCUT2D eigenvalue weighted by atomic mass is 9.79. The van der Waals surface area contributed by atoms with Gasteiger partial charge < -0.3 is 15.2 Å². The van der Waals surface area contributed by atoms with Crippen LogP contribution >= 0.6 is 0 Å². The Morgan fingerprint density at radius 1 is 1.07 bits per heavy atom. The van der Waals surface area contributed by atoms with Gasteiger partial charge in [-0.25, -0.2) is 4.79 Å². The molecule has 2 N–H and O–H groups in total. The summed E-state index contributed by atoms with van der Waals surface area (Å²) in [7, 11) is 0. The monoisotopic (exact) mass is 365 g/mol. The van der Waals surface area contributed by atoms with Gasteiger partial charge in [0, 0.05) is 12.5 Å². The van der Waals surface area contributed by atoms with Crippen LogP contribution in [0.3, 0.4) is 0 Å². The van der Waals surface area contributed by atoms with E-state index in [9.17, 15) is 9.90 Å². The van der Waals surface area contributed by atoms with Crippen molar-refractivity contribution in [3.63, 3.8) is 0 Å². The topological polar surface area (TPSA) is 58.6 Å². The van der Waals surface area contributed by atoms with Crippen LogP contribution in [0.4, 0.5) is 4.79 Å². The lowest BCUT2D eigenvalue weighted by Crippen LogP contribution is -2.45. The predicted octanol–water partition coefficient (Wildman–Crippen LogP) is 4.47. The van der Waals surface area contributed by atoms with E-state index in [1.807, 2.05) is 24.3 Å². The molecule has 0 aliphatic heterocycles. The first-order valence-corrected chi connectivity index (χ1v) is 9.87. The van der Waals surface area contributed by atoms with Crippen molar-refractivity contribution in [2.24, 2.45) is 5.92 Å². The zero-order valence-corrected chi connectivity index (χ0v) is 15.8. The Balaban J connectivity index is 1.37. The minimum Gasteiger partial charge on any atom is -0.449 e. The first-order chi connectivity index (χ1) is 13.1. The summed E-state index contributed by atoms with van der Waals surface area (Å²) < 4.78 is 5.54. The van der Waals surface area contributed by atoms with Crippen LogP contribution in [0.25, 0.3) is 11.1 Å². The number of carbonyl (C=O) groups excluding carboxylic acids is 1. The van der Waals surface area contributed by atoms with E-state index in [0.717, 1.165) is 25.7 Å². The van der Waals surface area contributed by atoms with Crippen LogP contribution in [0.5, 0.6) is 0 Å². The second-order valence-corrected chi connectivity index (χ2v) is 8.09. The minimum absolute atomic E-state index is 0.0572. The Morgan fingerprint density at radius 3 is 2.22 bits per heavy atom. The molecular formula is C23H27NO3. The highest BCUT2D eigenvalue weighted by molar-refractivity contribution is 5.79. The summed E-state index contributed by atoms with van der Waals surface area (Å²) in [6.07, 6.45) is 3.02. The van der Waals surface area contributed by atoms with Crippen LogP contribution in [-0.4, -0.2) is 30.0 Å². The van der Waals surface area contributed by atoms with E-state index in [4.69, 9.17) is 4.74 Å². The molecule has 1 fully saturated rings. The molecular weight excluding hydrogens is 338 g/mol. The fourth-order valence-corrected chi connectivity index (χ4v) is 4.36. The summed E-state index contributed by atoms with van der Waals surface area (Å²) in [5.74, 6) is 0.710. The van der Waals surface area contributed by atoms with Gasteiger partial charge in [-0.15, -0.1) is 0 Å². The van der Waals surface area contributed by atoms with Gasteiger partial charge in [0.25, 0.3) is 0 Å². The summed E-state index contributed by atoms with van der Waals surface area (Å²) in [6.45, 7) is 2.77. The number of amides is 1. The first kappa shape index (κ1) is 18.1. The van der Waals surface area contributed by atoms with Crippen LogP contribution in [0.2, 0.25) is 0 Å². The van der Waals surface area contributed by atoms with E-state index in [2.05, 4.69) is 36.5 Å². The second kappa shape index (κ2) is 7.35. The summed E-state index contributed by atoms with van der Waals surface area (Å²) in [5, 5.41) is 13.4. The highest BCUT2D eigenvalue weighted by Gasteiger charge is 2.33. The molecule has 2 aliphatic carbocycles. The number of hydrogen-bond donors (Lipinski definition) is 2. The van der Waals surface area contributed by atoms with Gasteiger partial charge >= 0.3 is 6.09 Å². The molecule has 0 unspecified atom stereocenters. The maximum Gasteiger partial charge on any atom is 0.407 e. The van der Waals surface area contributed by atoms with Gasteiger partial charge in [-0.05, 0) is 53.9 Å². The van der Waals surface area contributed by atoms with E-state index in [1.54, 1.807) is 0 Å². The van der Waals surface area contributed by atoms with Crippen molar-refractivity contribution in [2.75, 3.05) is 13.2 Å². The number of benzene rings is 2. The lowest BCUT2D eigenvalue weighted by Gasteiger charge is -2.34. The lowest BCUT2D eigenvalue weighted by molar-refractivity contribution is -0.00632. The third-order valence-corrected chi connectivity index (χ3v) is 6.11. The van der Waals surface area contributed by atoms with Gasteiger partial charge in [-0.2, -0.15) is 0 Å². The fraction of sp³-hybridized carbons (Fsp3) is 0.435. The first-order valence-electron chi connectivity index (χ1n) is 9.87. The Hall–Kier alpha value is -2.33. The van der Waals surface area contributed by atoms with Crippen molar-refractivity contribution in [3.05, 3.63) is 59.7 Å². The van der Waals surface area contributed by atoms with E-state index in [-0.39, 0.29) is 12.5 Å². The number of aliphatic hydroxyl groups is 1. The zero-order valence-electron chi connectivity index (χ0n) is 15.8. The number of ether oxygens (including phenoxy) is 1. The minimum atomic E-state index is -0.794. The van der Waals surface area contributed by atoms with Crippen LogP contribution in [-0.2, 0) is 4.74 Å². The molecule has 0 spiro atoms. The number of hydrogen-bond acceptors (Lipinski definition) is 3. The van der Waals surface area contributed by atoms with Crippen molar-refractivity contribution in [2.45, 2.75) is 44.1 Å². The van der Waals surface area contributed by atoms with Gasteiger partial charge in [-0.3, -0.25) is 0 Å². The van der Waals surface area contributed by atoms with E-state index < -0.39 is 11.7 Å².